The molecular weight excluding hydrogens is 336 g/mol. The van der Waals surface area contributed by atoms with E-state index < -0.39 is 42.8 Å². The summed E-state index contributed by atoms with van der Waals surface area (Å²) in [5.41, 5.74) is -2.46. The van der Waals surface area contributed by atoms with Crippen molar-refractivity contribution in [1.29, 1.82) is 0 Å². The molecule has 25 heavy (non-hydrogen) atoms. The van der Waals surface area contributed by atoms with Crippen LogP contribution in [-0.4, -0.2) is 53.0 Å². The molecule has 0 spiro atoms. The standard InChI is InChI=1S/C17H17F2NO5/c1-2-25-13(21)8-5-9-17(24,16(18)19)10-20-14(22)11-6-3-4-7-12(11)15(20)23/h3-8,16,24H,2,9-10H2,1H3/b8-5-/t17-/m0/s1. The molecule has 0 aromatic heterocycles. The van der Waals surface area contributed by atoms with Crippen LogP contribution in [0.2, 0.25) is 0 Å². The minimum atomic E-state index is -3.23. The third-order valence-corrected chi connectivity index (χ3v) is 3.73. The number of carbonyl (C=O) groups is 3. The highest BCUT2D eigenvalue weighted by atomic mass is 19.3. The van der Waals surface area contributed by atoms with Crippen molar-refractivity contribution in [2.24, 2.45) is 0 Å². The lowest BCUT2D eigenvalue weighted by molar-refractivity contribution is -0.137. The van der Waals surface area contributed by atoms with Crippen molar-refractivity contribution in [3.05, 3.63) is 47.5 Å². The van der Waals surface area contributed by atoms with E-state index in [1.54, 1.807) is 19.1 Å². The molecule has 1 aromatic rings. The van der Waals surface area contributed by atoms with Gasteiger partial charge in [0, 0.05) is 12.5 Å². The van der Waals surface area contributed by atoms with E-state index >= 15 is 0 Å². The molecule has 1 heterocycles. The summed E-state index contributed by atoms with van der Waals surface area (Å²) in [4.78, 5) is 36.3. The van der Waals surface area contributed by atoms with Crippen LogP contribution in [0.4, 0.5) is 8.78 Å². The van der Waals surface area contributed by atoms with Crippen LogP contribution < -0.4 is 0 Å². The Bertz CT molecular complexity index is 684. The Morgan fingerprint density at radius 1 is 1.28 bits per heavy atom. The Balaban J connectivity index is 2.15. The maximum atomic E-state index is 13.3. The number of amides is 2. The maximum Gasteiger partial charge on any atom is 0.330 e. The molecule has 1 aromatic carbocycles. The van der Waals surface area contributed by atoms with Crippen molar-refractivity contribution in [3.8, 4) is 0 Å². The maximum absolute atomic E-state index is 13.3. The smallest absolute Gasteiger partial charge is 0.330 e. The van der Waals surface area contributed by atoms with Gasteiger partial charge in [-0.3, -0.25) is 14.5 Å². The number of nitrogens with zero attached hydrogens (tertiary/aromatic N) is 1. The van der Waals surface area contributed by atoms with E-state index in [-0.39, 0.29) is 17.7 Å². The molecule has 0 saturated heterocycles. The van der Waals surface area contributed by atoms with E-state index in [1.165, 1.54) is 12.1 Å². The SMILES string of the molecule is CCOC(=O)/C=C\C[C@](O)(CN1C(=O)c2ccccc2C1=O)C(F)F. The van der Waals surface area contributed by atoms with E-state index in [0.29, 0.717) is 4.90 Å². The molecule has 1 aliphatic rings. The van der Waals surface area contributed by atoms with Gasteiger partial charge in [0.05, 0.1) is 24.3 Å². The molecule has 1 aliphatic heterocycles. The first kappa shape index (κ1) is 18.7. The van der Waals surface area contributed by atoms with Crippen LogP contribution in [0.1, 0.15) is 34.1 Å². The zero-order chi connectivity index (χ0) is 18.6. The summed E-state index contributed by atoms with van der Waals surface area (Å²) in [6.07, 6.45) is -1.91. The van der Waals surface area contributed by atoms with Crippen LogP contribution in [0.25, 0.3) is 0 Å². The second kappa shape index (κ2) is 7.52. The van der Waals surface area contributed by atoms with Gasteiger partial charge in [-0.1, -0.05) is 18.2 Å². The quantitative estimate of drug-likeness (QED) is 0.459. The van der Waals surface area contributed by atoms with Crippen LogP contribution in [0.15, 0.2) is 36.4 Å². The molecule has 1 atom stereocenters. The number of fused-ring (bicyclic) bond motifs is 1. The predicted octanol–water partition coefficient (Wildman–Crippen LogP) is 1.79. The first-order chi connectivity index (χ1) is 11.8. The molecule has 0 radical (unpaired) electrons. The van der Waals surface area contributed by atoms with Gasteiger partial charge in [0.25, 0.3) is 18.2 Å². The fourth-order valence-electron chi connectivity index (χ4n) is 2.43. The number of benzene rings is 1. The van der Waals surface area contributed by atoms with Crippen LogP contribution >= 0.6 is 0 Å². The topological polar surface area (TPSA) is 83.9 Å². The van der Waals surface area contributed by atoms with Crippen molar-refractivity contribution in [3.63, 3.8) is 0 Å². The number of β-amino-alcohol motifs (C(OH)–C–C–N with tert-alkyl or cyclic N) is 1. The number of aliphatic hydroxyl groups is 1. The van der Waals surface area contributed by atoms with Crippen molar-refractivity contribution in [2.75, 3.05) is 13.2 Å². The highest BCUT2D eigenvalue weighted by molar-refractivity contribution is 6.21. The Morgan fingerprint density at radius 2 is 1.84 bits per heavy atom. The minimum Gasteiger partial charge on any atom is -0.463 e. The number of imide groups is 1. The van der Waals surface area contributed by atoms with Crippen LogP contribution in [0, 0.1) is 0 Å². The molecule has 0 bridgehead atoms. The summed E-state index contributed by atoms with van der Waals surface area (Å²) >= 11 is 0. The second-order valence-electron chi connectivity index (χ2n) is 5.50. The lowest BCUT2D eigenvalue weighted by Gasteiger charge is -2.29. The Morgan fingerprint density at radius 3 is 2.32 bits per heavy atom. The molecule has 6 nitrogen and oxygen atoms in total. The zero-order valence-electron chi connectivity index (χ0n) is 13.4. The van der Waals surface area contributed by atoms with E-state index in [9.17, 15) is 28.3 Å². The number of hydrogen-bond acceptors (Lipinski definition) is 5. The fourth-order valence-corrected chi connectivity index (χ4v) is 2.43. The van der Waals surface area contributed by atoms with E-state index in [1.807, 2.05) is 0 Å². The number of rotatable bonds is 7. The van der Waals surface area contributed by atoms with E-state index in [0.717, 1.165) is 12.2 Å². The highest BCUT2D eigenvalue weighted by Gasteiger charge is 2.45. The summed E-state index contributed by atoms with van der Waals surface area (Å²) in [7, 11) is 0. The number of carbonyl (C=O) groups excluding carboxylic acids is 3. The third kappa shape index (κ3) is 3.90. The second-order valence-corrected chi connectivity index (χ2v) is 5.50. The average molecular weight is 353 g/mol. The van der Waals surface area contributed by atoms with Gasteiger partial charge < -0.3 is 9.84 Å². The average Bonchev–Trinajstić information content (AvgIpc) is 2.80. The molecule has 134 valence electrons. The summed E-state index contributed by atoms with van der Waals surface area (Å²) in [5.74, 6) is -2.22. The van der Waals surface area contributed by atoms with Crippen LogP contribution in [0.3, 0.4) is 0 Å². The lowest BCUT2D eigenvalue weighted by Crippen LogP contribution is -2.50. The summed E-state index contributed by atoms with van der Waals surface area (Å²) in [5, 5.41) is 10.2. The molecule has 0 saturated carbocycles. The van der Waals surface area contributed by atoms with Crippen LogP contribution in [-0.2, 0) is 9.53 Å². The zero-order valence-corrected chi connectivity index (χ0v) is 13.4. The molecule has 0 unspecified atom stereocenters. The Kier molecular flexibility index (Phi) is 5.63. The molecule has 0 aliphatic carbocycles. The normalized spacial score (nSPS) is 16.4. The van der Waals surface area contributed by atoms with Crippen molar-refractivity contribution < 1.29 is 33.0 Å². The number of halogens is 2. The van der Waals surface area contributed by atoms with Crippen molar-refractivity contribution in [1.82, 2.24) is 4.90 Å². The summed E-state index contributed by atoms with van der Waals surface area (Å²) < 4.78 is 31.3. The molecule has 2 rings (SSSR count). The van der Waals surface area contributed by atoms with Gasteiger partial charge in [0.1, 0.15) is 5.60 Å². The van der Waals surface area contributed by atoms with Gasteiger partial charge >= 0.3 is 5.97 Å². The highest BCUT2D eigenvalue weighted by Crippen LogP contribution is 2.28. The van der Waals surface area contributed by atoms with Crippen molar-refractivity contribution >= 4 is 17.8 Å². The fraction of sp³-hybridized carbons (Fsp3) is 0.353. The minimum absolute atomic E-state index is 0.103. The van der Waals surface area contributed by atoms with E-state index in [2.05, 4.69) is 4.74 Å². The molecule has 0 fully saturated rings. The molecule has 1 N–H and O–H groups in total. The molecule has 8 heteroatoms. The van der Waals surface area contributed by atoms with Gasteiger partial charge in [0.15, 0.2) is 0 Å². The monoisotopic (exact) mass is 353 g/mol. The summed E-state index contributed by atoms with van der Waals surface area (Å²) in [6, 6.07) is 5.93. The Labute approximate surface area is 142 Å². The molecule has 2 amide bonds. The third-order valence-electron chi connectivity index (χ3n) is 3.73. The van der Waals surface area contributed by atoms with Crippen LogP contribution in [0.5, 0.6) is 0 Å². The number of esters is 1. The number of alkyl halides is 2. The van der Waals surface area contributed by atoms with Gasteiger partial charge in [-0.05, 0) is 19.1 Å². The largest absolute Gasteiger partial charge is 0.463 e. The lowest BCUT2D eigenvalue weighted by atomic mass is 9.99. The predicted molar refractivity (Wildman–Crippen MR) is 83.2 cm³/mol. The van der Waals surface area contributed by atoms with E-state index in [4.69, 9.17) is 0 Å². The Hall–Kier alpha value is -2.61. The van der Waals surface area contributed by atoms with Gasteiger partial charge in [0.2, 0.25) is 0 Å². The van der Waals surface area contributed by atoms with Gasteiger partial charge in [-0.2, -0.15) is 0 Å². The number of hydrogen-bond donors (Lipinski definition) is 1. The summed E-state index contributed by atoms with van der Waals surface area (Å²) in [6.45, 7) is 0.824. The first-order valence-corrected chi connectivity index (χ1v) is 7.59. The van der Waals surface area contributed by atoms with Crippen molar-refractivity contribution in [2.45, 2.75) is 25.4 Å². The van der Waals surface area contributed by atoms with Gasteiger partial charge in [-0.15, -0.1) is 0 Å². The molecular formula is C17H17F2NO5. The van der Waals surface area contributed by atoms with Gasteiger partial charge in [-0.25, -0.2) is 13.6 Å². The first-order valence-electron chi connectivity index (χ1n) is 7.59. The number of ether oxygens (including phenoxy) is 1.